The van der Waals surface area contributed by atoms with E-state index in [2.05, 4.69) is 21.4 Å². The molecule has 0 heterocycles. The number of benzene rings is 2. The summed E-state index contributed by atoms with van der Waals surface area (Å²) in [5, 5.41) is 0.234. The molecule has 0 aliphatic heterocycles. The van der Waals surface area contributed by atoms with Crippen molar-refractivity contribution in [3.8, 4) is 0 Å². The summed E-state index contributed by atoms with van der Waals surface area (Å²) in [6, 6.07) is 4.79. The van der Waals surface area contributed by atoms with Crippen LogP contribution in [0.25, 0.3) is 0 Å². The summed E-state index contributed by atoms with van der Waals surface area (Å²) < 4.78 is 41.9. The van der Waals surface area contributed by atoms with Gasteiger partial charge in [-0.3, -0.25) is 5.84 Å². The predicted molar refractivity (Wildman–Crippen MR) is 74.6 cm³/mol. The van der Waals surface area contributed by atoms with Crippen LogP contribution in [0.3, 0.4) is 0 Å². The molecular formula is C13H9BrClF3N2. The maximum Gasteiger partial charge on any atom is 0.145 e. The molecule has 1 unspecified atom stereocenters. The van der Waals surface area contributed by atoms with Crippen LogP contribution < -0.4 is 11.3 Å². The SMILES string of the molecule is NNC(c1cc(Cl)ccc1F)c1c(F)ccc(Br)c1F. The van der Waals surface area contributed by atoms with Crippen LogP contribution in [0.15, 0.2) is 34.8 Å². The topological polar surface area (TPSA) is 38.0 Å². The van der Waals surface area contributed by atoms with E-state index in [0.717, 1.165) is 12.1 Å². The molecule has 0 aliphatic rings. The van der Waals surface area contributed by atoms with Crippen LogP contribution in [0.1, 0.15) is 17.2 Å². The van der Waals surface area contributed by atoms with E-state index < -0.39 is 23.5 Å². The molecule has 2 nitrogen and oxygen atoms in total. The lowest BCUT2D eigenvalue weighted by molar-refractivity contribution is 0.493. The third-order valence-electron chi connectivity index (χ3n) is 2.80. The van der Waals surface area contributed by atoms with Crippen molar-refractivity contribution in [2.75, 3.05) is 0 Å². The van der Waals surface area contributed by atoms with Crippen LogP contribution in [0.5, 0.6) is 0 Å². The van der Waals surface area contributed by atoms with Gasteiger partial charge < -0.3 is 0 Å². The summed E-state index contributed by atoms with van der Waals surface area (Å²) in [5.41, 5.74) is 1.78. The number of halogens is 5. The Labute approximate surface area is 126 Å². The van der Waals surface area contributed by atoms with E-state index in [-0.39, 0.29) is 20.6 Å². The highest BCUT2D eigenvalue weighted by atomic mass is 79.9. The Morgan fingerprint density at radius 2 is 1.75 bits per heavy atom. The summed E-state index contributed by atoms with van der Waals surface area (Å²) in [6.07, 6.45) is 0. The van der Waals surface area contributed by atoms with E-state index in [9.17, 15) is 13.2 Å². The molecule has 2 rings (SSSR count). The molecule has 3 N–H and O–H groups in total. The standard InChI is InChI=1S/C13H9BrClF3N2/c14-8-2-4-10(17)11(12(8)18)13(20-19)7-5-6(15)1-3-9(7)16/h1-5,13,20H,19H2. The number of nitrogens with one attached hydrogen (secondary N) is 1. The lowest BCUT2D eigenvalue weighted by Gasteiger charge is -2.19. The minimum absolute atomic E-state index is 0.0455. The van der Waals surface area contributed by atoms with E-state index in [4.69, 9.17) is 17.4 Å². The minimum Gasteiger partial charge on any atom is -0.271 e. The number of hydrogen-bond acceptors (Lipinski definition) is 2. The zero-order valence-corrected chi connectivity index (χ0v) is 12.3. The van der Waals surface area contributed by atoms with Gasteiger partial charge in [-0.15, -0.1) is 0 Å². The molecule has 0 aromatic heterocycles. The largest absolute Gasteiger partial charge is 0.271 e. The fraction of sp³-hybridized carbons (Fsp3) is 0.0769. The molecular weight excluding hydrogens is 357 g/mol. The van der Waals surface area contributed by atoms with Crippen molar-refractivity contribution in [1.29, 1.82) is 0 Å². The van der Waals surface area contributed by atoms with Crippen LogP contribution in [0.4, 0.5) is 13.2 Å². The first-order valence-electron chi connectivity index (χ1n) is 5.50. The maximum absolute atomic E-state index is 14.1. The Bertz CT molecular complexity index is 652. The average molecular weight is 366 g/mol. The minimum atomic E-state index is -1.20. The quantitative estimate of drug-likeness (QED) is 0.489. The molecule has 0 saturated heterocycles. The van der Waals surface area contributed by atoms with Gasteiger partial charge in [0.25, 0.3) is 0 Å². The van der Waals surface area contributed by atoms with Crippen molar-refractivity contribution in [1.82, 2.24) is 5.43 Å². The third kappa shape index (κ3) is 2.83. The summed E-state index contributed by atoms with van der Waals surface area (Å²) in [5.74, 6) is 2.97. The van der Waals surface area contributed by atoms with Crippen molar-refractivity contribution in [2.45, 2.75) is 6.04 Å². The molecule has 0 aliphatic carbocycles. The van der Waals surface area contributed by atoms with Gasteiger partial charge in [-0.05, 0) is 46.3 Å². The van der Waals surface area contributed by atoms with Gasteiger partial charge >= 0.3 is 0 Å². The van der Waals surface area contributed by atoms with Crippen molar-refractivity contribution >= 4 is 27.5 Å². The maximum atomic E-state index is 14.1. The van der Waals surface area contributed by atoms with Crippen LogP contribution in [-0.2, 0) is 0 Å². The summed E-state index contributed by atoms with van der Waals surface area (Å²) >= 11 is 8.74. The van der Waals surface area contributed by atoms with Crippen molar-refractivity contribution < 1.29 is 13.2 Å². The van der Waals surface area contributed by atoms with E-state index in [1.165, 1.54) is 18.2 Å². The van der Waals surface area contributed by atoms with E-state index in [0.29, 0.717) is 0 Å². The Morgan fingerprint density at radius 3 is 2.40 bits per heavy atom. The van der Waals surface area contributed by atoms with E-state index in [1.54, 1.807) is 0 Å². The molecule has 0 fully saturated rings. The molecule has 7 heteroatoms. The summed E-state index contributed by atoms with van der Waals surface area (Å²) in [4.78, 5) is 0. The molecule has 0 amide bonds. The van der Waals surface area contributed by atoms with Crippen LogP contribution >= 0.6 is 27.5 Å². The van der Waals surface area contributed by atoms with Gasteiger partial charge in [0.1, 0.15) is 17.5 Å². The van der Waals surface area contributed by atoms with Crippen molar-refractivity contribution in [3.63, 3.8) is 0 Å². The molecule has 2 aromatic rings. The van der Waals surface area contributed by atoms with Crippen molar-refractivity contribution in [2.24, 2.45) is 5.84 Å². The third-order valence-corrected chi connectivity index (χ3v) is 3.65. The van der Waals surface area contributed by atoms with Crippen LogP contribution in [0.2, 0.25) is 5.02 Å². The normalized spacial score (nSPS) is 12.5. The number of hydrogen-bond donors (Lipinski definition) is 2. The van der Waals surface area contributed by atoms with Gasteiger partial charge in [-0.2, -0.15) is 0 Å². The second kappa shape index (κ2) is 6.13. The molecule has 1 atom stereocenters. The Morgan fingerprint density at radius 1 is 1.10 bits per heavy atom. The lowest BCUT2D eigenvalue weighted by Crippen LogP contribution is -2.31. The Balaban J connectivity index is 2.64. The number of nitrogens with two attached hydrogens (primary N) is 1. The molecule has 106 valence electrons. The fourth-order valence-electron chi connectivity index (χ4n) is 1.87. The monoisotopic (exact) mass is 364 g/mol. The zero-order valence-electron chi connectivity index (χ0n) is 9.93. The highest BCUT2D eigenvalue weighted by Crippen LogP contribution is 2.32. The van der Waals surface area contributed by atoms with Gasteiger partial charge in [-0.25, -0.2) is 18.6 Å². The predicted octanol–water partition coefficient (Wildman–Crippen LogP) is 4.07. The Kier molecular flexibility index (Phi) is 4.70. The number of hydrazine groups is 1. The Hall–Kier alpha value is -1.08. The van der Waals surface area contributed by atoms with Gasteiger partial charge in [0.2, 0.25) is 0 Å². The van der Waals surface area contributed by atoms with Gasteiger partial charge in [0.15, 0.2) is 0 Å². The molecule has 0 spiro atoms. The fourth-order valence-corrected chi connectivity index (χ4v) is 2.40. The average Bonchev–Trinajstić information content (AvgIpc) is 2.42. The molecule has 0 saturated carbocycles. The van der Waals surface area contributed by atoms with Crippen LogP contribution in [0, 0.1) is 17.5 Å². The number of rotatable bonds is 3. The second-order valence-electron chi connectivity index (χ2n) is 4.02. The first-order chi connectivity index (χ1) is 9.45. The van der Waals surface area contributed by atoms with Gasteiger partial charge in [-0.1, -0.05) is 11.6 Å². The van der Waals surface area contributed by atoms with Crippen LogP contribution in [-0.4, -0.2) is 0 Å². The first kappa shape index (κ1) is 15.3. The van der Waals surface area contributed by atoms with E-state index >= 15 is 0 Å². The lowest BCUT2D eigenvalue weighted by atomic mass is 9.97. The van der Waals surface area contributed by atoms with Gasteiger partial charge in [0, 0.05) is 16.1 Å². The molecule has 2 aromatic carbocycles. The summed E-state index contributed by atoms with van der Waals surface area (Å²) in [7, 11) is 0. The highest BCUT2D eigenvalue weighted by molar-refractivity contribution is 9.10. The first-order valence-corrected chi connectivity index (χ1v) is 6.67. The second-order valence-corrected chi connectivity index (χ2v) is 5.31. The smallest absolute Gasteiger partial charge is 0.145 e. The highest BCUT2D eigenvalue weighted by Gasteiger charge is 2.25. The zero-order chi connectivity index (χ0) is 14.9. The molecule has 0 bridgehead atoms. The van der Waals surface area contributed by atoms with Gasteiger partial charge in [0.05, 0.1) is 10.5 Å². The molecule has 20 heavy (non-hydrogen) atoms. The molecule has 0 radical (unpaired) electrons. The summed E-state index contributed by atoms with van der Waals surface area (Å²) in [6.45, 7) is 0. The van der Waals surface area contributed by atoms with Crippen molar-refractivity contribution in [3.05, 3.63) is 68.4 Å². The van der Waals surface area contributed by atoms with E-state index in [1.807, 2.05) is 0 Å².